The summed E-state index contributed by atoms with van der Waals surface area (Å²) in [6.45, 7) is 0. The number of benzene rings is 8. The predicted molar refractivity (Wildman–Crippen MR) is 229 cm³/mol. The molecule has 0 bridgehead atoms. The molecule has 56 heavy (non-hydrogen) atoms. The third kappa shape index (κ3) is 5.37. The van der Waals surface area contributed by atoms with Crippen molar-refractivity contribution >= 4 is 43.7 Å². The Bertz CT molecular complexity index is 3500. The molecule has 0 unspecified atom stereocenters. The third-order valence-electron chi connectivity index (χ3n) is 10.4. The average molecular weight is 722 g/mol. The van der Waals surface area contributed by atoms with Crippen molar-refractivity contribution in [1.82, 2.24) is 19.5 Å². The Morgan fingerprint density at radius 1 is 0.411 bits per heavy atom. The van der Waals surface area contributed by atoms with E-state index in [1.54, 1.807) is 24.3 Å². The van der Waals surface area contributed by atoms with Gasteiger partial charge in [0.25, 0.3) is 0 Å². The van der Waals surface area contributed by atoms with Gasteiger partial charge in [0.15, 0.2) is 17.5 Å². The average Bonchev–Trinajstić information content (AvgIpc) is 3.86. The SMILES string of the molecule is [2H]c1c([2H])c([2H])c(-c2ccc(-c3nc(-c4ccccc4)nc(-c4ccc5c(c4)oc4c(-c6ccc7c(c6)c6ccccc6n7-c6ccccc6)cccc45)n3)cc2)c([2H])c1[2H]. The number of aromatic nitrogens is 4. The van der Waals surface area contributed by atoms with Crippen LogP contribution in [-0.4, -0.2) is 19.5 Å². The minimum atomic E-state index is -0.427. The van der Waals surface area contributed by atoms with Gasteiger partial charge in [-0.05, 0) is 59.2 Å². The van der Waals surface area contributed by atoms with E-state index in [-0.39, 0.29) is 29.7 Å². The van der Waals surface area contributed by atoms with Crippen LogP contribution in [0.4, 0.5) is 0 Å². The lowest BCUT2D eigenvalue weighted by Gasteiger charge is -2.09. The molecule has 3 heterocycles. The molecule has 0 atom stereocenters. The van der Waals surface area contributed by atoms with Crippen molar-refractivity contribution in [3.8, 4) is 62.1 Å². The van der Waals surface area contributed by atoms with Crippen molar-refractivity contribution in [2.75, 3.05) is 0 Å². The Morgan fingerprint density at radius 3 is 1.80 bits per heavy atom. The summed E-state index contributed by atoms with van der Waals surface area (Å²) in [5, 5.41) is 4.33. The minimum Gasteiger partial charge on any atom is -0.455 e. The molecule has 0 fully saturated rings. The molecule has 0 aliphatic carbocycles. The van der Waals surface area contributed by atoms with Crippen molar-refractivity contribution in [3.05, 3.63) is 194 Å². The first-order valence-corrected chi connectivity index (χ1v) is 18.4. The largest absolute Gasteiger partial charge is 0.455 e. The predicted octanol–water partition coefficient (Wildman–Crippen LogP) is 13.2. The monoisotopic (exact) mass is 721 g/mol. The van der Waals surface area contributed by atoms with Gasteiger partial charge < -0.3 is 8.98 Å². The van der Waals surface area contributed by atoms with Gasteiger partial charge in [-0.2, -0.15) is 0 Å². The van der Waals surface area contributed by atoms with Crippen LogP contribution in [-0.2, 0) is 0 Å². The van der Waals surface area contributed by atoms with Crippen LogP contribution < -0.4 is 0 Å². The molecule has 0 saturated carbocycles. The minimum absolute atomic E-state index is 0.136. The summed E-state index contributed by atoms with van der Waals surface area (Å²) in [7, 11) is 0. The molecule has 0 aliphatic rings. The molecule has 0 aliphatic heterocycles. The van der Waals surface area contributed by atoms with Crippen molar-refractivity contribution < 1.29 is 11.3 Å². The van der Waals surface area contributed by atoms with E-state index in [4.69, 9.17) is 26.2 Å². The molecule has 11 rings (SSSR count). The highest BCUT2D eigenvalue weighted by Gasteiger charge is 2.18. The summed E-state index contributed by atoms with van der Waals surface area (Å²) >= 11 is 0. The Morgan fingerprint density at radius 2 is 1.02 bits per heavy atom. The van der Waals surface area contributed by atoms with Crippen molar-refractivity contribution in [2.24, 2.45) is 0 Å². The summed E-state index contributed by atoms with van der Waals surface area (Å²) in [6, 6.07) is 53.0. The first-order chi connectivity index (χ1) is 29.8. The molecule has 0 radical (unpaired) electrons. The highest BCUT2D eigenvalue weighted by atomic mass is 16.3. The number of hydrogen-bond acceptors (Lipinski definition) is 4. The summed E-state index contributed by atoms with van der Waals surface area (Å²) in [6.07, 6.45) is 0. The molecule has 5 heteroatoms. The molecule has 3 aromatic heterocycles. The molecule has 0 spiro atoms. The Hall–Kier alpha value is -7.63. The molecule has 262 valence electrons. The summed E-state index contributed by atoms with van der Waals surface area (Å²) in [4.78, 5) is 14.8. The second-order valence-electron chi connectivity index (χ2n) is 13.7. The fourth-order valence-corrected chi connectivity index (χ4v) is 7.69. The van der Waals surface area contributed by atoms with Gasteiger partial charge in [-0.1, -0.05) is 152 Å². The number of furan rings is 1. The van der Waals surface area contributed by atoms with Gasteiger partial charge in [-0.3, -0.25) is 0 Å². The number of rotatable bonds is 6. The van der Waals surface area contributed by atoms with Gasteiger partial charge in [0.1, 0.15) is 11.2 Å². The molecular weight excluding hydrogens is 685 g/mol. The highest BCUT2D eigenvalue weighted by molar-refractivity contribution is 6.13. The normalized spacial score (nSPS) is 12.8. The van der Waals surface area contributed by atoms with Gasteiger partial charge in [-0.25, -0.2) is 15.0 Å². The second kappa shape index (κ2) is 13.0. The van der Waals surface area contributed by atoms with Crippen LogP contribution in [0, 0.1) is 0 Å². The van der Waals surface area contributed by atoms with Crippen LogP contribution in [0.5, 0.6) is 0 Å². The van der Waals surface area contributed by atoms with Crippen molar-refractivity contribution in [2.45, 2.75) is 0 Å². The van der Waals surface area contributed by atoms with Gasteiger partial charge in [0, 0.05) is 49.5 Å². The fraction of sp³-hybridized carbons (Fsp3) is 0. The molecule has 0 saturated heterocycles. The van der Waals surface area contributed by atoms with Gasteiger partial charge >= 0.3 is 0 Å². The molecule has 11 aromatic rings. The van der Waals surface area contributed by atoms with E-state index >= 15 is 0 Å². The van der Waals surface area contributed by atoms with Crippen molar-refractivity contribution in [3.63, 3.8) is 0 Å². The Labute approximate surface area is 329 Å². The number of nitrogens with zero attached hydrogens (tertiary/aromatic N) is 4. The van der Waals surface area contributed by atoms with E-state index in [2.05, 4.69) is 95.6 Å². The number of para-hydroxylation sites is 3. The smallest absolute Gasteiger partial charge is 0.164 e. The lowest BCUT2D eigenvalue weighted by atomic mass is 10.00. The Kier molecular flexibility index (Phi) is 6.29. The molecule has 5 nitrogen and oxygen atoms in total. The van der Waals surface area contributed by atoms with E-state index < -0.39 is 6.04 Å². The van der Waals surface area contributed by atoms with Gasteiger partial charge in [0.2, 0.25) is 0 Å². The molecule has 0 amide bonds. The third-order valence-corrected chi connectivity index (χ3v) is 10.4. The van der Waals surface area contributed by atoms with Crippen LogP contribution in [0.2, 0.25) is 0 Å². The van der Waals surface area contributed by atoms with E-state index in [0.29, 0.717) is 34.2 Å². The maximum Gasteiger partial charge on any atom is 0.164 e. The first-order valence-electron chi connectivity index (χ1n) is 20.9. The molecule has 0 N–H and O–H groups in total. The van der Waals surface area contributed by atoms with Crippen LogP contribution >= 0.6 is 0 Å². The topological polar surface area (TPSA) is 56.7 Å². The van der Waals surface area contributed by atoms with E-state index in [9.17, 15) is 0 Å². The van der Waals surface area contributed by atoms with E-state index in [0.717, 1.165) is 60.7 Å². The maximum absolute atomic E-state index is 8.46. The zero-order valence-corrected chi connectivity index (χ0v) is 29.8. The summed E-state index contributed by atoms with van der Waals surface area (Å²) in [5.41, 5.74) is 9.82. The lowest BCUT2D eigenvalue weighted by molar-refractivity contribution is 0.670. The Balaban J connectivity index is 1.01. The van der Waals surface area contributed by atoms with Crippen LogP contribution in [0.15, 0.2) is 198 Å². The summed E-state index contributed by atoms with van der Waals surface area (Å²) in [5.74, 6) is 1.38. The van der Waals surface area contributed by atoms with Gasteiger partial charge in [-0.15, -0.1) is 0 Å². The first kappa shape index (κ1) is 27.0. The van der Waals surface area contributed by atoms with Crippen LogP contribution in [0.1, 0.15) is 6.85 Å². The van der Waals surface area contributed by atoms with Gasteiger partial charge in [0.05, 0.1) is 17.9 Å². The van der Waals surface area contributed by atoms with Crippen LogP contribution in [0.25, 0.3) is 106 Å². The van der Waals surface area contributed by atoms with E-state index in [1.165, 1.54) is 5.39 Å². The highest BCUT2D eigenvalue weighted by Crippen LogP contribution is 2.40. The number of fused-ring (bicyclic) bond motifs is 6. The lowest BCUT2D eigenvalue weighted by Crippen LogP contribution is -2.00. The molecule has 8 aromatic carbocycles. The standard InChI is InChI=1S/C51H32N4O/c1-4-13-33(14-5-1)34-23-25-36(26-24-34)50-52-49(35-15-6-2-7-16-35)53-51(54-50)38-27-29-42-43-21-12-20-40(48(43)56-47(42)32-38)37-28-30-46-44(31-37)41-19-10-11-22-45(41)55(46)39-17-8-3-9-18-39/h1-32H/i1D,4D,5D,13D,14D. The van der Waals surface area contributed by atoms with Crippen molar-refractivity contribution in [1.29, 1.82) is 0 Å². The number of hydrogen-bond donors (Lipinski definition) is 0. The second-order valence-corrected chi connectivity index (χ2v) is 13.7. The molecular formula is C51H32N4O. The van der Waals surface area contributed by atoms with E-state index in [1.807, 2.05) is 48.5 Å². The fourth-order valence-electron chi connectivity index (χ4n) is 7.69. The van der Waals surface area contributed by atoms with Crippen LogP contribution in [0.3, 0.4) is 0 Å². The zero-order chi connectivity index (χ0) is 41.4. The zero-order valence-electron chi connectivity index (χ0n) is 34.8. The quantitative estimate of drug-likeness (QED) is 0.172. The maximum atomic E-state index is 8.46. The summed E-state index contributed by atoms with van der Waals surface area (Å²) < 4.78 is 50.2.